The number of carbonyl (C=O) groups excluding carboxylic acids is 1. The third kappa shape index (κ3) is 2.62. The fraction of sp³-hybridized carbons (Fsp3) is 0.889. The zero-order chi connectivity index (χ0) is 8.48. The summed E-state index contributed by atoms with van der Waals surface area (Å²) in [5, 5.41) is 3.32. The van der Waals surface area contributed by atoms with E-state index < -0.39 is 0 Å². The van der Waals surface area contributed by atoms with Crippen LogP contribution in [0.3, 0.4) is 0 Å². The molecule has 0 saturated heterocycles. The molecular formula is C9H17NO. The van der Waals surface area contributed by atoms with E-state index >= 15 is 0 Å². The molecule has 1 unspecified atom stereocenters. The van der Waals surface area contributed by atoms with Crippen LogP contribution in [0.2, 0.25) is 0 Å². The first kappa shape index (κ1) is 8.72. The van der Waals surface area contributed by atoms with Gasteiger partial charge in [-0.1, -0.05) is 0 Å². The van der Waals surface area contributed by atoms with Gasteiger partial charge in [-0.3, -0.25) is 4.79 Å². The van der Waals surface area contributed by atoms with Crippen LogP contribution < -0.4 is 5.32 Å². The molecule has 0 amide bonds. The van der Waals surface area contributed by atoms with Gasteiger partial charge in [0.1, 0.15) is 5.78 Å². The van der Waals surface area contributed by atoms with Crippen molar-refractivity contribution in [3.05, 3.63) is 0 Å². The molecular weight excluding hydrogens is 138 g/mol. The predicted molar refractivity (Wildman–Crippen MR) is 45.5 cm³/mol. The van der Waals surface area contributed by atoms with Gasteiger partial charge in [-0.25, -0.2) is 0 Å². The minimum atomic E-state index is 0.0741. The summed E-state index contributed by atoms with van der Waals surface area (Å²) in [5.74, 6) is 0.389. The Balaban J connectivity index is 2.43. The highest BCUT2D eigenvalue weighted by Gasteiger charge is 2.27. The number of rotatable bonds is 1. The Hall–Kier alpha value is -0.370. The van der Waals surface area contributed by atoms with E-state index in [9.17, 15) is 4.79 Å². The maximum absolute atomic E-state index is 11.2. The maximum atomic E-state index is 11.2. The minimum Gasteiger partial charge on any atom is -0.303 e. The van der Waals surface area contributed by atoms with Crippen LogP contribution in [0.15, 0.2) is 0 Å². The van der Waals surface area contributed by atoms with Crippen LogP contribution in [0.1, 0.15) is 40.0 Å². The summed E-state index contributed by atoms with van der Waals surface area (Å²) in [7, 11) is 0. The number of hydrogen-bond acceptors (Lipinski definition) is 2. The van der Waals surface area contributed by atoms with Gasteiger partial charge in [0.15, 0.2) is 0 Å². The molecule has 1 saturated carbocycles. The molecule has 0 heterocycles. The lowest BCUT2D eigenvalue weighted by Gasteiger charge is -2.24. The fourth-order valence-corrected chi connectivity index (χ4v) is 1.49. The molecule has 1 N–H and O–H groups in total. The zero-order valence-corrected chi connectivity index (χ0v) is 7.61. The monoisotopic (exact) mass is 155 g/mol. The molecule has 1 aliphatic carbocycles. The summed E-state index contributed by atoms with van der Waals surface area (Å²) in [6.45, 7) is 6.29. The average molecular weight is 155 g/mol. The molecule has 0 aromatic carbocycles. The van der Waals surface area contributed by atoms with Gasteiger partial charge in [0.05, 0.1) is 6.04 Å². The number of Topliss-reactive ketones (excluding diaryl/α,β-unsaturated/α-hetero) is 1. The zero-order valence-electron chi connectivity index (χ0n) is 7.61. The topological polar surface area (TPSA) is 29.1 Å². The number of carbonyl (C=O) groups is 1. The molecule has 0 aromatic heterocycles. The van der Waals surface area contributed by atoms with Gasteiger partial charge in [0.25, 0.3) is 0 Å². The van der Waals surface area contributed by atoms with Crippen LogP contribution in [0.5, 0.6) is 0 Å². The Bertz CT molecular complexity index is 157. The van der Waals surface area contributed by atoms with E-state index in [2.05, 4.69) is 26.1 Å². The van der Waals surface area contributed by atoms with E-state index in [0.29, 0.717) is 5.78 Å². The summed E-state index contributed by atoms with van der Waals surface area (Å²) >= 11 is 0. The van der Waals surface area contributed by atoms with Gasteiger partial charge >= 0.3 is 0 Å². The van der Waals surface area contributed by atoms with Gasteiger partial charge in [0.2, 0.25) is 0 Å². The van der Waals surface area contributed by atoms with Crippen molar-refractivity contribution in [2.45, 2.75) is 51.6 Å². The Labute approximate surface area is 68.4 Å². The highest BCUT2D eigenvalue weighted by molar-refractivity contribution is 5.85. The molecule has 64 valence electrons. The first-order valence-electron chi connectivity index (χ1n) is 4.29. The molecule has 1 aliphatic rings. The molecule has 0 spiro atoms. The summed E-state index contributed by atoms with van der Waals surface area (Å²) < 4.78 is 0. The predicted octanol–water partition coefficient (Wildman–Crippen LogP) is 1.50. The molecule has 1 rings (SSSR count). The Morgan fingerprint density at radius 1 is 1.45 bits per heavy atom. The van der Waals surface area contributed by atoms with E-state index in [1.165, 1.54) is 0 Å². The van der Waals surface area contributed by atoms with Crippen LogP contribution in [-0.2, 0) is 4.79 Å². The highest BCUT2D eigenvalue weighted by atomic mass is 16.1. The van der Waals surface area contributed by atoms with Crippen molar-refractivity contribution in [1.82, 2.24) is 5.32 Å². The molecule has 2 heteroatoms. The van der Waals surface area contributed by atoms with Gasteiger partial charge in [0, 0.05) is 12.0 Å². The van der Waals surface area contributed by atoms with Gasteiger partial charge in [-0.05, 0) is 33.6 Å². The fourth-order valence-electron chi connectivity index (χ4n) is 1.49. The molecule has 11 heavy (non-hydrogen) atoms. The van der Waals surface area contributed by atoms with Crippen LogP contribution in [0.4, 0.5) is 0 Å². The number of nitrogens with one attached hydrogen (secondary N) is 1. The second-order valence-corrected chi connectivity index (χ2v) is 4.31. The standard InChI is InChI=1S/C9H17NO/c1-9(2,3)10-7-5-4-6-8(7)11/h7,10H,4-6H2,1-3H3. The lowest BCUT2D eigenvalue weighted by Crippen LogP contribution is -2.45. The first-order chi connectivity index (χ1) is 4.99. The second kappa shape index (κ2) is 2.94. The van der Waals surface area contributed by atoms with Crippen LogP contribution in [-0.4, -0.2) is 17.4 Å². The van der Waals surface area contributed by atoms with Crippen LogP contribution in [0.25, 0.3) is 0 Å². The van der Waals surface area contributed by atoms with E-state index in [4.69, 9.17) is 0 Å². The maximum Gasteiger partial charge on any atom is 0.149 e. The quantitative estimate of drug-likeness (QED) is 0.621. The SMILES string of the molecule is CC(C)(C)NC1CCCC1=O. The molecule has 0 bridgehead atoms. The van der Waals surface area contributed by atoms with Crippen molar-refractivity contribution in [2.24, 2.45) is 0 Å². The number of hydrogen-bond donors (Lipinski definition) is 1. The van der Waals surface area contributed by atoms with Crippen molar-refractivity contribution >= 4 is 5.78 Å². The summed E-state index contributed by atoms with van der Waals surface area (Å²) in [6.07, 6.45) is 2.86. The molecule has 2 nitrogen and oxygen atoms in total. The van der Waals surface area contributed by atoms with Crippen molar-refractivity contribution < 1.29 is 4.79 Å². The molecule has 0 aliphatic heterocycles. The average Bonchev–Trinajstić information content (AvgIpc) is 2.12. The van der Waals surface area contributed by atoms with Crippen LogP contribution in [0, 0.1) is 0 Å². The van der Waals surface area contributed by atoms with Gasteiger partial charge in [-0.15, -0.1) is 0 Å². The van der Waals surface area contributed by atoms with E-state index in [-0.39, 0.29) is 11.6 Å². The Morgan fingerprint density at radius 2 is 2.09 bits per heavy atom. The highest BCUT2D eigenvalue weighted by Crippen LogP contribution is 2.16. The normalized spacial score (nSPS) is 26.1. The molecule has 0 radical (unpaired) electrons. The summed E-state index contributed by atoms with van der Waals surface area (Å²) in [5.41, 5.74) is 0.0741. The minimum absolute atomic E-state index is 0.0741. The third-order valence-electron chi connectivity index (χ3n) is 1.91. The lowest BCUT2D eigenvalue weighted by molar-refractivity contribution is -0.119. The largest absolute Gasteiger partial charge is 0.303 e. The smallest absolute Gasteiger partial charge is 0.149 e. The van der Waals surface area contributed by atoms with Crippen molar-refractivity contribution in [3.8, 4) is 0 Å². The van der Waals surface area contributed by atoms with Crippen molar-refractivity contribution in [1.29, 1.82) is 0 Å². The van der Waals surface area contributed by atoms with Crippen molar-refractivity contribution in [2.75, 3.05) is 0 Å². The van der Waals surface area contributed by atoms with E-state index in [1.807, 2.05) is 0 Å². The second-order valence-electron chi connectivity index (χ2n) is 4.31. The van der Waals surface area contributed by atoms with E-state index in [1.54, 1.807) is 0 Å². The summed E-state index contributed by atoms with van der Waals surface area (Å²) in [6, 6.07) is 0.134. The van der Waals surface area contributed by atoms with E-state index in [0.717, 1.165) is 19.3 Å². The lowest BCUT2D eigenvalue weighted by atomic mass is 10.1. The molecule has 1 atom stereocenters. The molecule has 0 aromatic rings. The Kier molecular flexibility index (Phi) is 2.33. The first-order valence-corrected chi connectivity index (χ1v) is 4.29. The Morgan fingerprint density at radius 3 is 2.45 bits per heavy atom. The molecule has 1 fully saturated rings. The van der Waals surface area contributed by atoms with Gasteiger partial charge in [-0.2, -0.15) is 0 Å². The number of ketones is 1. The van der Waals surface area contributed by atoms with Crippen molar-refractivity contribution in [3.63, 3.8) is 0 Å². The van der Waals surface area contributed by atoms with Gasteiger partial charge < -0.3 is 5.32 Å². The third-order valence-corrected chi connectivity index (χ3v) is 1.91. The van der Waals surface area contributed by atoms with Crippen LogP contribution >= 0.6 is 0 Å². The summed E-state index contributed by atoms with van der Waals surface area (Å²) in [4.78, 5) is 11.2.